The van der Waals surface area contributed by atoms with Crippen LogP contribution in [0.2, 0.25) is 0 Å². The van der Waals surface area contributed by atoms with Crippen molar-refractivity contribution in [2.75, 3.05) is 13.2 Å². The van der Waals surface area contributed by atoms with Crippen molar-refractivity contribution in [1.29, 1.82) is 0 Å². The molecule has 0 aliphatic heterocycles. The van der Waals surface area contributed by atoms with E-state index in [2.05, 4.69) is 69.4 Å². The second-order valence-corrected chi connectivity index (χ2v) is 20.2. The Kier molecular flexibility index (Phi) is 55.7. The average Bonchev–Trinajstić information content (AvgIpc) is 3.35. The number of allylic oxidation sites excluding steroid dienone is 8. The molecule has 6 nitrogen and oxygen atoms in total. The Morgan fingerprint density at radius 1 is 0.304 bits per heavy atom. The summed E-state index contributed by atoms with van der Waals surface area (Å²) >= 11 is 0. The predicted molar refractivity (Wildman–Crippen MR) is 298 cm³/mol. The second-order valence-electron chi connectivity index (χ2n) is 20.2. The quantitative estimate of drug-likeness (QED) is 0.0262. The van der Waals surface area contributed by atoms with E-state index in [9.17, 15) is 14.4 Å². The molecule has 0 bridgehead atoms. The smallest absolute Gasteiger partial charge is 0.306 e. The van der Waals surface area contributed by atoms with Gasteiger partial charge in [-0.15, -0.1) is 0 Å². The van der Waals surface area contributed by atoms with Crippen molar-refractivity contribution in [3.63, 3.8) is 0 Å². The zero-order chi connectivity index (χ0) is 50.0. The molecular weight excluding hydrogens is 853 g/mol. The highest BCUT2D eigenvalue weighted by Gasteiger charge is 2.19. The van der Waals surface area contributed by atoms with Gasteiger partial charge in [0.1, 0.15) is 13.2 Å². The first-order valence-electron chi connectivity index (χ1n) is 30.1. The highest BCUT2D eigenvalue weighted by molar-refractivity contribution is 5.71. The molecule has 0 saturated heterocycles. The Bertz CT molecular complexity index is 1150. The van der Waals surface area contributed by atoms with E-state index in [0.717, 1.165) is 96.3 Å². The van der Waals surface area contributed by atoms with Gasteiger partial charge >= 0.3 is 17.9 Å². The van der Waals surface area contributed by atoms with Gasteiger partial charge in [0, 0.05) is 19.3 Å². The Labute approximate surface area is 428 Å². The predicted octanol–water partition coefficient (Wildman–Crippen LogP) is 20.2. The van der Waals surface area contributed by atoms with Gasteiger partial charge < -0.3 is 14.2 Å². The van der Waals surface area contributed by atoms with Crippen LogP contribution >= 0.6 is 0 Å². The molecule has 0 spiro atoms. The maximum atomic E-state index is 12.9. The van der Waals surface area contributed by atoms with Crippen LogP contribution in [0.1, 0.15) is 316 Å². The summed E-state index contributed by atoms with van der Waals surface area (Å²) in [5, 5.41) is 0. The van der Waals surface area contributed by atoms with Crippen LogP contribution in [0.5, 0.6) is 0 Å². The highest BCUT2D eigenvalue weighted by atomic mass is 16.6. The molecule has 0 rings (SSSR count). The first-order chi connectivity index (χ1) is 34.0. The molecule has 0 amide bonds. The largest absolute Gasteiger partial charge is 0.462 e. The molecule has 0 fully saturated rings. The van der Waals surface area contributed by atoms with Crippen molar-refractivity contribution >= 4 is 17.9 Å². The lowest BCUT2D eigenvalue weighted by atomic mass is 10.0. The molecule has 0 aliphatic rings. The lowest BCUT2D eigenvalue weighted by Gasteiger charge is -2.18. The van der Waals surface area contributed by atoms with Gasteiger partial charge in [0.2, 0.25) is 0 Å². The minimum Gasteiger partial charge on any atom is -0.462 e. The third kappa shape index (κ3) is 56.2. The number of unbranched alkanes of at least 4 members (excludes halogenated alkanes) is 36. The zero-order valence-electron chi connectivity index (χ0n) is 46.1. The fraction of sp³-hybridized carbons (Fsp3) is 0.825. The second kappa shape index (κ2) is 57.9. The summed E-state index contributed by atoms with van der Waals surface area (Å²) in [6.07, 6.45) is 71.0. The SMILES string of the molecule is CC/C=C\C/C=C\C/C=C\C/C=C\CCCCCCC(=O)OC(COC(=O)CCCCCCCCCCCCCCCCCCC)COC(=O)CCCCCCCCCCCCCCCCCCC. The molecule has 0 aromatic heterocycles. The Hall–Kier alpha value is -2.63. The minimum atomic E-state index is -0.783. The molecule has 0 aromatic rings. The van der Waals surface area contributed by atoms with E-state index < -0.39 is 6.10 Å². The minimum absolute atomic E-state index is 0.0786. The molecule has 0 N–H and O–H groups in total. The van der Waals surface area contributed by atoms with E-state index in [1.165, 1.54) is 180 Å². The van der Waals surface area contributed by atoms with E-state index >= 15 is 0 Å². The van der Waals surface area contributed by atoms with Crippen LogP contribution in [0.3, 0.4) is 0 Å². The molecule has 6 heteroatoms. The Morgan fingerprint density at radius 2 is 0.565 bits per heavy atom. The summed E-state index contributed by atoms with van der Waals surface area (Å²) in [5.74, 6) is -0.882. The van der Waals surface area contributed by atoms with Crippen molar-refractivity contribution in [3.8, 4) is 0 Å². The van der Waals surface area contributed by atoms with Gasteiger partial charge in [0.25, 0.3) is 0 Å². The third-order valence-electron chi connectivity index (χ3n) is 13.3. The lowest BCUT2D eigenvalue weighted by Crippen LogP contribution is -2.30. The average molecular weight is 968 g/mol. The molecule has 0 heterocycles. The molecule has 0 unspecified atom stereocenters. The number of ether oxygens (including phenoxy) is 3. The van der Waals surface area contributed by atoms with Crippen LogP contribution in [0, 0.1) is 0 Å². The number of rotatable bonds is 55. The van der Waals surface area contributed by atoms with Gasteiger partial charge in [-0.05, 0) is 57.8 Å². The normalized spacial score (nSPS) is 11.9. The van der Waals surface area contributed by atoms with Crippen LogP contribution in [0.4, 0.5) is 0 Å². The van der Waals surface area contributed by atoms with E-state index in [0.29, 0.717) is 19.3 Å². The van der Waals surface area contributed by atoms with Crippen molar-refractivity contribution in [1.82, 2.24) is 0 Å². The molecule has 0 saturated carbocycles. The van der Waals surface area contributed by atoms with Gasteiger partial charge in [0.05, 0.1) is 0 Å². The van der Waals surface area contributed by atoms with Crippen LogP contribution < -0.4 is 0 Å². The van der Waals surface area contributed by atoms with E-state index in [1.807, 2.05) is 0 Å². The van der Waals surface area contributed by atoms with Crippen molar-refractivity contribution in [2.24, 2.45) is 0 Å². The van der Waals surface area contributed by atoms with E-state index in [-0.39, 0.29) is 31.1 Å². The topological polar surface area (TPSA) is 78.9 Å². The van der Waals surface area contributed by atoms with Crippen LogP contribution in [0.25, 0.3) is 0 Å². The van der Waals surface area contributed by atoms with Gasteiger partial charge in [0.15, 0.2) is 6.10 Å². The van der Waals surface area contributed by atoms with Crippen molar-refractivity contribution < 1.29 is 28.6 Å². The Morgan fingerprint density at radius 3 is 0.884 bits per heavy atom. The lowest BCUT2D eigenvalue weighted by molar-refractivity contribution is -0.167. The maximum absolute atomic E-state index is 12.9. The number of carbonyl (C=O) groups excluding carboxylic acids is 3. The molecular formula is C63H114O6. The third-order valence-corrected chi connectivity index (χ3v) is 13.3. The number of hydrogen-bond donors (Lipinski definition) is 0. The summed E-state index contributed by atoms with van der Waals surface area (Å²) in [6.45, 7) is 6.56. The van der Waals surface area contributed by atoms with Crippen LogP contribution in [0.15, 0.2) is 48.6 Å². The van der Waals surface area contributed by atoms with Gasteiger partial charge in [-0.25, -0.2) is 0 Å². The fourth-order valence-corrected chi connectivity index (χ4v) is 8.85. The first-order valence-corrected chi connectivity index (χ1v) is 30.1. The summed E-state index contributed by atoms with van der Waals surface area (Å²) in [7, 11) is 0. The number of carbonyl (C=O) groups is 3. The fourth-order valence-electron chi connectivity index (χ4n) is 8.85. The molecule has 0 atom stereocenters. The van der Waals surface area contributed by atoms with Crippen molar-refractivity contribution in [2.45, 2.75) is 322 Å². The number of esters is 3. The molecule has 0 aromatic carbocycles. The van der Waals surface area contributed by atoms with Crippen LogP contribution in [-0.4, -0.2) is 37.2 Å². The zero-order valence-corrected chi connectivity index (χ0v) is 46.1. The summed E-state index contributed by atoms with van der Waals surface area (Å²) in [4.78, 5) is 38.2. The van der Waals surface area contributed by atoms with Gasteiger partial charge in [-0.1, -0.05) is 288 Å². The molecule has 0 radical (unpaired) electrons. The molecule has 0 aliphatic carbocycles. The van der Waals surface area contributed by atoms with Gasteiger partial charge in [-0.2, -0.15) is 0 Å². The van der Waals surface area contributed by atoms with E-state index in [1.54, 1.807) is 0 Å². The monoisotopic (exact) mass is 967 g/mol. The standard InChI is InChI=1S/C63H114O6/c1-4-7-10-13-16-19-22-25-28-31-34-37-40-43-46-49-52-55-61(64)67-58-60(69-63(66)57-54-51-48-45-42-39-36-33-30-27-24-21-18-15-12-9-6-3)59-68-62(65)56-53-50-47-44-41-38-35-32-29-26-23-20-17-14-11-8-5-2/h9,12,18,21,27,30,36,39,60H,4-8,10-11,13-17,19-20,22-26,28-29,31-35,37-38,40-59H2,1-3H3/b12-9-,21-18-,30-27-,39-36-. The Balaban J connectivity index is 4.37. The van der Waals surface area contributed by atoms with Crippen LogP contribution in [-0.2, 0) is 28.6 Å². The van der Waals surface area contributed by atoms with Gasteiger partial charge in [-0.3, -0.25) is 14.4 Å². The number of hydrogen-bond acceptors (Lipinski definition) is 6. The summed E-state index contributed by atoms with van der Waals surface area (Å²) in [5.41, 5.74) is 0. The molecule has 69 heavy (non-hydrogen) atoms. The first kappa shape index (κ1) is 66.4. The maximum Gasteiger partial charge on any atom is 0.306 e. The summed E-state index contributed by atoms with van der Waals surface area (Å²) < 4.78 is 16.9. The molecule has 402 valence electrons. The van der Waals surface area contributed by atoms with Crippen molar-refractivity contribution in [3.05, 3.63) is 48.6 Å². The van der Waals surface area contributed by atoms with E-state index in [4.69, 9.17) is 14.2 Å². The highest BCUT2D eigenvalue weighted by Crippen LogP contribution is 2.17. The summed E-state index contributed by atoms with van der Waals surface area (Å²) in [6, 6.07) is 0.